The van der Waals surface area contributed by atoms with Gasteiger partial charge in [0.15, 0.2) is 0 Å². The predicted molar refractivity (Wildman–Crippen MR) is 165 cm³/mol. The maximum Gasteiger partial charge on any atom is 0.0999 e. The van der Waals surface area contributed by atoms with E-state index in [0.29, 0.717) is 16.2 Å². The van der Waals surface area contributed by atoms with Crippen LogP contribution in [0.1, 0.15) is 127 Å². The van der Waals surface area contributed by atoms with E-state index in [4.69, 9.17) is 0 Å². The first-order chi connectivity index (χ1) is 16.1. The minimum absolute atomic E-state index is 0.330. The first kappa shape index (κ1) is 34.7. The van der Waals surface area contributed by atoms with Crippen molar-refractivity contribution in [1.29, 1.82) is 0 Å². The summed E-state index contributed by atoms with van der Waals surface area (Å²) in [4.78, 5) is 0. The maximum absolute atomic E-state index is 3.77. The molecule has 0 saturated heterocycles. The Bertz CT molecular complexity index is 661. The van der Waals surface area contributed by atoms with Gasteiger partial charge in [0.2, 0.25) is 0 Å². The van der Waals surface area contributed by atoms with Gasteiger partial charge in [-0.25, -0.2) is 0 Å². The molecule has 2 heteroatoms. The van der Waals surface area contributed by atoms with E-state index in [9.17, 15) is 0 Å². The van der Waals surface area contributed by atoms with Crippen LogP contribution in [0.4, 0.5) is 0 Å². The summed E-state index contributed by atoms with van der Waals surface area (Å²) in [5.41, 5.74) is 4.40. The quantitative estimate of drug-likeness (QED) is 0.0848. The Labute approximate surface area is 230 Å². The summed E-state index contributed by atoms with van der Waals surface area (Å²) < 4.78 is 1.08. The van der Waals surface area contributed by atoms with Crippen LogP contribution in [0, 0.1) is 16.2 Å². The number of likely N-dealkylation sites (N-methyl/N-ethyl adjacent to an activating group) is 1. The highest BCUT2D eigenvalue weighted by Gasteiger charge is 2.24. The van der Waals surface area contributed by atoms with E-state index in [1.807, 2.05) is 0 Å². The number of hydrogen-bond acceptors (Lipinski definition) is 0. The van der Waals surface area contributed by atoms with Crippen LogP contribution >= 0.6 is 15.9 Å². The minimum atomic E-state index is 0.330. The summed E-state index contributed by atoms with van der Waals surface area (Å²) in [6, 6.07) is 0. The van der Waals surface area contributed by atoms with Crippen molar-refractivity contribution < 1.29 is 4.48 Å². The van der Waals surface area contributed by atoms with Gasteiger partial charge in [0, 0.05) is 11.8 Å². The fourth-order valence-corrected chi connectivity index (χ4v) is 5.08. The minimum Gasteiger partial charge on any atom is -0.325 e. The lowest BCUT2D eigenvalue weighted by atomic mass is 9.79. The molecular formula is C33H63BrN+. The van der Waals surface area contributed by atoms with Crippen molar-refractivity contribution in [3.8, 4) is 0 Å². The van der Waals surface area contributed by atoms with Crippen LogP contribution < -0.4 is 0 Å². The Hall–Kier alpha value is -0.340. The number of alkyl halides is 1. The van der Waals surface area contributed by atoms with Gasteiger partial charge in [0.05, 0.1) is 27.2 Å². The van der Waals surface area contributed by atoms with Crippen LogP contribution in [0.2, 0.25) is 0 Å². The molecule has 0 rings (SSSR count). The smallest absolute Gasteiger partial charge is 0.0999 e. The van der Waals surface area contributed by atoms with Gasteiger partial charge in [0.1, 0.15) is 0 Å². The third kappa shape index (κ3) is 17.7. The largest absolute Gasteiger partial charge is 0.325 e. The molecule has 0 unspecified atom stereocenters. The maximum atomic E-state index is 3.77. The van der Waals surface area contributed by atoms with E-state index >= 15 is 0 Å². The molecule has 0 aliphatic heterocycles. The molecule has 206 valence electrons. The van der Waals surface area contributed by atoms with Gasteiger partial charge in [-0.2, -0.15) is 0 Å². The Balaban J connectivity index is 5.22. The second-order valence-electron chi connectivity index (χ2n) is 14.0. The van der Waals surface area contributed by atoms with Crippen LogP contribution in [0.3, 0.4) is 0 Å². The summed E-state index contributed by atoms with van der Waals surface area (Å²) in [6.07, 6.45) is 21.9. The van der Waals surface area contributed by atoms with E-state index < -0.39 is 0 Å². The summed E-state index contributed by atoms with van der Waals surface area (Å²) >= 11 is 3.77. The van der Waals surface area contributed by atoms with Crippen LogP contribution in [0.25, 0.3) is 0 Å². The fourth-order valence-electron chi connectivity index (χ4n) is 4.66. The summed E-state index contributed by atoms with van der Waals surface area (Å²) in [5.74, 6) is 0. The molecule has 0 aromatic heterocycles. The normalized spacial score (nSPS) is 14.9. The third-order valence-electron chi connectivity index (χ3n) is 7.94. The second kappa shape index (κ2) is 16.5. The molecular weight excluding hydrogens is 490 g/mol. The molecule has 0 bridgehead atoms. The van der Waals surface area contributed by atoms with Crippen molar-refractivity contribution in [2.24, 2.45) is 16.2 Å². The number of nitrogens with zero attached hydrogens (tertiary/aromatic N) is 1. The molecule has 0 saturated carbocycles. The van der Waals surface area contributed by atoms with Crippen LogP contribution in [-0.2, 0) is 0 Å². The topological polar surface area (TPSA) is 0 Å². The Kier molecular flexibility index (Phi) is 16.3. The van der Waals surface area contributed by atoms with Gasteiger partial charge in [-0.15, -0.1) is 0 Å². The number of allylic oxidation sites excluding steroid dienone is 4. The monoisotopic (exact) mass is 552 g/mol. The highest BCUT2D eigenvalue weighted by molar-refractivity contribution is 9.09. The van der Waals surface area contributed by atoms with Gasteiger partial charge in [-0.05, 0) is 66.8 Å². The van der Waals surface area contributed by atoms with Gasteiger partial charge < -0.3 is 4.48 Å². The average Bonchev–Trinajstić information content (AvgIpc) is 2.75. The zero-order valence-electron chi connectivity index (χ0n) is 25.8. The zero-order valence-corrected chi connectivity index (χ0v) is 27.4. The van der Waals surface area contributed by atoms with Crippen molar-refractivity contribution in [3.05, 3.63) is 35.5 Å². The molecule has 0 radical (unpaired) electrons. The predicted octanol–water partition coefficient (Wildman–Crippen LogP) is 10.9. The van der Waals surface area contributed by atoms with E-state index in [1.54, 1.807) is 11.1 Å². The molecule has 0 aromatic rings. The standard InChI is InChI=1S/C33H63BrN/c1-12-15-16-17-24-35(10,11)28-30(26-32(6,7)14-3)21-19-23-33(8,9)25-29(27-34)20-18-22-31(4,5)13-2/h15-16,20-21H,12-14,17-19,22-28H2,1-11H3/q+1/b16-15+,29-20-,30-21-. The van der Waals surface area contributed by atoms with Gasteiger partial charge in [0.25, 0.3) is 0 Å². The molecule has 0 fully saturated rings. The summed E-state index contributed by atoms with van der Waals surface area (Å²) in [5, 5.41) is 1.01. The lowest BCUT2D eigenvalue weighted by Gasteiger charge is -2.33. The van der Waals surface area contributed by atoms with E-state index in [-0.39, 0.29) is 0 Å². The highest BCUT2D eigenvalue weighted by Crippen LogP contribution is 2.34. The Morgan fingerprint density at radius 3 is 1.71 bits per heavy atom. The van der Waals surface area contributed by atoms with Gasteiger partial charge in [-0.3, -0.25) is 0 Å². The molecule has 0 N–H and O–H groups in total. The molecule has 0 aromatic carbocycles. The number of hydrogen-bond donors (Lipinski definition) is 0. The van der Waals surface area contributed by atoms with Crippen molar-refractivity contribution in [1.82, 2.24) is 0 Å². The van der Waals surface area contributed by atoms with Crippen LogP contribution in [0.15, 0.2) is 35.5 Å². The van der Waals surface area contributed by atoms with Gasteiger partial charge >= 0.3 is 0 Å². The fraction of sp³-hybridized carbons (Fsp3) is 0.818. The SMILES string of the molecule is CC/C=C/CC[N+](C)(C)C/C(=C\CCC(C)(C)C/C(=C/CCC(C)(C)CC)CBr)CC(C)(C)CC. The van der Waals surface area contributed by atoms with E-state index in [1.165, 1.54) is 70.9 Å². The molecule has 1 nitrogen and oxygen atoms in total. The highest BCUT2D eigenvalue weighted by atomic mass is 79.9. The van der Waals surface area contributed by atoms with Crippen LogP contribution in [0.5, 0.6) is 0 Å². The third-order valence-corrected chi connectivity index (χ3v) is 8.66. The first-order valence-corrected chi connectivity index (χ1v) is 15.6. The summed E-state index contributed by atoms with van der Waals surface area (Å²) in [6.45, 7) is 23.8. The second-order valence-corrected chi connectivity index (χ2v) is 14.5. The van der Waals surface area contributed by atoms with Crippen molar-refractivity contribution >= 4 is 15.9 Å². The molecule has 0 amide bonds. The molecule has 0 aliphatic carbocycles. The number of halogens is 1. The van der Waals surface area contributed by atoms with Gasteiger partial charge in [-0.1, -0.05) is 121 Å². The molecule has 35 heavy (non-hydrogen) atoms. The first-order valence-electron chi connectivity index (χ1n) is 14.5. The molecule has 0 heterocycles. The average molecular weight is 554 g/mol. The zero-order chi connectivity index (χ0) is 27.2. The van der Waals surface area contributed by atoms with Crippen LogP contribution in [-0.4, -0.2) is 37.0 Å². The van der Waals surface area contributed by atoms with Crippen molar-refractivity contribution in [3.63, 3.8) is 0 Å². The lowest BCUT2D eigenvalue weighted by Crippen LogP contribution is -2.42. The Morgan fingerprint density at radius 1 is 0.686 bits per heavy atom. The lowest BCUT2D eigenvalue weighted by molar-refractivity contribution is -0.885. The van der Waals surface area contributed by atoms with Crippen molar-refractivity contribution in [2.75, 3.05) is 32.5 Å². The molecule has 0 atom stereocenters. The number of rotatable bonds is 19. The summed E-state index contributed by atoms with van der Waals surface area (Å²) in [7, 11) is 4.81. The molecule has 0 aliphatic rings. The van der Waals surface area contributed by atoms with E-state index in [0.717, 1.165) is 16.2 Å². The number of quaternary nitrogens is 1. The molecule has 0 spiro atoms. The van der Waals surface area contributed by atoms with E-state index in [2.05, 4.69) is 117 Å². The Morgan fingerprint density at radius 2 is 1.20 bits per heavy atom. The van der Waals surface area contributed by atoms with Crippen molar-refractivity contribution in [2.45, 2.75) is 127 Å².